The van der Waals surface area contributed by atoms with E-state index in [-0.39, 0.29) is 0 Å². The van der Waals surface area contributed by atoms with Crippen LogP contribution in [0.1, 0.15) is 24.8 Å². The van der Waals surface area contributed by atoms with Crippen LogP contribution in [0, 0.1) is 12.8 Å². The van der Waals surface area contributed by atoms with Crippen molar-refractivity contribution in [2.45, 2.75) is 31.1 Å². The predicted octanol–water partition coefficient (Wildman–Crippen LogP) is 3.46. The minimum atomic E-state index is 0.377. The number of rotatable bonds is 4. The van der Waals surface area contributed by atoms with E-state index in [1.807, 2.05) is 6.07 Å². The molecule has 2 rings (SSSR count). The van der Waals surface area contributed by atoms with Crippen LogP contribution in [0.3, 0.4) is 0 Å². The molecule has 0 bridgehead atoms. The van der Waals surface area contributed by atoms with Crippen LogP contribution in [-0.2, 0) is 4.79 Å². The molecule has 1 aliphatic carbocycles. The molecular formula is C13H16OS. The maximum absolute atomic E-state index is 11.7. The van der Waals surface area contributed by atoms with Crippen LogP contribution in [-0.4, -0.2) is 11.5 Å². The van der Waals surface area contributed by atoms with Crippen LogP contribution in [0.2, 0.25) is 0 Å². The van der Waals surface area contributed by atoms with Gasteiger partial charge in [-0.2, -0.15) is 0 Å². The Hall–Kier alpha value is -0.760. The average Bonchev–Trinajstić information content (AvgIpc) is 2.12. The summed E-state index contributed by atoms with van der Waals surface area (Å²) < 4.78 is 0. The molecule has 1 nitrogen and oxygen atoms in total. The standard InChI is InChI=1S/C13H16OS/c1-10-4-2-7-12(8-10)15-9-13(14)11-5-3-6-11/h2,4,7-8,11H,3,5-6,9H2,1H3. The Labute approximate surface area is 95.3 Å². The fourth-order valence-electron chi connectivity index (χ4n) is 1.71. The Morgan fingerprint density at radius 2 is 2.27 bits per heavy atom. The Kier molecular flexibility index (Phi) is 3.47. The quantitative estimate of drug-likeness (QED) is 0.723. The lowest BCUT2D eigenvalue weighted by atomic mass is 9.83. The van der Waals surface area contributed by atoms with E-state index < -0.39 is 0 Å². The van der Waals surface area contributed by atoms with Gasteiger partial charge in [-0.25, -0.2) is 0 Å². The van der Waals surface area contributed by atoms with E-state index in [0.29, 0.717) is 17.5 Å². The van der Waals surface area contributed by atoms with Gasteiger partial charge in [0.2, 0.25) is 0 Å². The third kappa shape index (κ3) is 2.85. The monoisotopic (exact) mass is 220 g/mol. The molecule has 0 saturated heterocycles. The molecule has 0 radical (unpaired) electrons. The lowest BCUT2D eigenvalue weighted by molar-refractivity contribution is -0.122. The van der Waals surface area contributed by atoms with E-state index in [9.17, 15) is 4.79 Å². The number of aryl methyl sites for hydroxylation is 1. The smallest absolute Gasteiger partial charge is 0.146 e. The molecular weight excluding hydrogens is 204 g/mol. The number of hydrogen-bond acceptors (Lipinski definition) is 2. The number of carbonyl (C=O) groups excluding carboxylic acids is 1. The number of benzene rings is 1. The number of Topliss-reactive ketones (excluding diaryl/α,β-unsaturated/α-hetero) is 1. The molecule has 1 saturated carbocycles. The van der Waals surface area contributed by atoms with Gasteiger partial charge in [-0.15, -0.1) is 11.8 Å². The molecule has 0 N–H and O–H groups in total. The number of carbonyl (C=O) groups is 1. The summed E-state index contributed by atoms with van der Waals surface area (Å²) in [5.41, 5.74) is 1.26. The van der Waals surface area contributed by atoms with Gasteiger partial charge in [0.1, 0.15) is 5.78 Å². The highest BCUT2D eigenvalue weighted by Gasteiger charge is 2.24. The molecule has 0 unspecified atom stereocenters. The van der Waals surface area contributed by atoms with Gasteiger partial charge in [0, 0.05) is 10.8 Å². The van der Waals surface area contributed by atoms with E-state index in [1.54, 1.807) is 11.8 Å². The van der Waals surface area contributed by atoms with Crippen molar-refractivity contribution in [1.82, 2.24) is 0 Å². The lowest BCUT2D eigenvalue weighted by Crippen LogP contribution is -2.23. The zero-order valence-electron chi connectivity index (χ0n) is 9.03. The first-order chi connectivity index (χ1) is 7.25. The predicted molar refractivity (Wildman–Crippen MR) is 64.3 cm³/mol. The van der Waals surface area contributed by atoms with Crippen LogP contribution in [0.5, 0.6) is 0 Å². The SMILES string of the molecule is Cc1cccc(SCC(=O)C2CCC2)c1. The second-order valence-corrected chi connectivity index (χ2v) is 5.25. The number of thioether (sulfide) groups is 1. The van der Waals surface area contributed by atoms with E-state index in [4.69, 9.17) is 0 Å². The van der Waals surface area contributed by atoms with Crippen molar-refractivity contribution in [1.29, 1.82) is 0 Å². The topological polar surface area (TPSA) is 17.1 Å². The lowest BCUT2D eigenvalue weighted by Gasteiger charge is -2.23. The molecule has 0 spiro atoms. The van der Waals surface area contributed by atoms with E-state index in [0.717, 1.165) is 12.8 Å². The van der Waals surface area contributed by atoms with Gasteiger partial charge in [0.25, 0.3) is 0 Å². The molecule has 1 aromatic rings. The maximum atomic E-state index is 11.7. The number of ketones is 1. The minimum Gasteiger partial charge on any atom is -0.298 e. The summed E-state index contributed by atoms with van der Waals surface area (Å²) in [6, 6.07) is 8.34. The number of hydrogen-bond donors (Lipinski definition) is 0. The summed E-state index contributed by atoms with van der Waals surface area (Å²) in [4.78, 5) is 12.9. The summed E-state index contributed by atoms with van der Waals surface area (Å²) in [6.45, 7) is 2.08. The second kappa shape index (κ2) is 4.84. The van der Waals surface area contributed by atoms with Gasteiger partial charge in [-0.1, -0.05) is 24.1 Å². The highest BCUT2D eigenvalue weighted by molar-refractivity contribution is 8.00. The first-order valence-electron chi connectivity index (χ1n) is 5.48. The van der Waals surface area contributed by atoms with Gasteiger partial charge in [0.05, 0.1) is 5.75 Å². The highest BCUT2D eigenvalue weighted by Crippen LogP contribution is 2.29. The van der Waals surface area contributed by atoms with Gasteiger partial charge >= 0.3 is 0 Å². The van der Waals surface area contributed by atoms with Crippen LogP contribution in [0.4, 0.5) is 0 Å². The third-order valence-electron chi connectivity index (χ3n) is 2.93. The molecule has 2 heteroatoms. The van der Waals surface area contributed by atoms with Crippen LogP contribution < -0.4 is 0 Å². The summed E-state index contributed by atoms with van der Waals surface area (Å²) in [5.74, 6) is 1.46. The normalized spacial score (nSPS) is 16.1. The Bertz CT molecular complexity index is 355. The van der Waals surface area contributed by atoms with Crippen LogP contribution >= 0.6 is 11.8 Å². The van der Waals surface area contributed by atoms with Crippen molar-refractivity contribution in [3.8, 4) is 0 Å². The zero-order valence-corrected chi connectivity index (χ0v) is 9.85. The Morgan fingerprint density at radius 1 is 1.47 bits per heavy atom. The van der Waals surface area contributed by atoms with Crippen LogP contribution in [0.25, 0.3) is 0 Å². The molecule has 1 aromatic carbocycles. The summed E-state index contributed by atoms with van der Waals surface area (Å²) in [5, 5.41) is 0. The van der Waals surface area contributed by atoms with E-state index in [2.05, 4.69) is 25.1 Å². The molecule has 0 heterocycles. The van der Waals surface area contributed by atoms with Crippen molar-refractivity contribution < 1.29 is 4.79 Å². The first-order valence-corrected chi connectivity index (χ1v) is 6.46. The largest absolute Gasteiger partial charge is 0.298 e. The fourth-order valence-corrected chi connectivity index (χ4v) is 2.70. The molecule has 0 aromatic heterocycles. The van der Waals surface area contributed by atoms with Crippen LogP contribution in [0.15, 0.2) is 29.2 Å². The van der Waals surface area contributed by atoms with Crippen molar-refractivity contribution in [3.05, 3.63) is 29.8 Å². The summed E-state index contributed by atoms with van der Waals surface area (Å²) >= 11 is 1.67. The van der Waals surface area contributed by atoms with Gasteiger partial charge in [-0.3, -0.25) is 4.79 Å². The van der Waals surface area contributed by atoms with Crippen molar-refractivity contribution >= 4 is 17.5 Å². The molecule has 1 fully saturated rings. The maximum Gasteiger partial charge on any atom is 0.146 e. The Morgan fingerprint density at radius 3 is 2.87 bits per heavy atom. The first kappa shape index (κ1) is 10.7. The third-order valence-corrected chi connectivity index (χ3v) is 3.95. The van der Waals surface area contributed by atoms with Gasteiger partial charge in [0.15, 0.2) is 0 Å². The van der Waals surface area contributed by atoms with Crippen molar-refractivity contribution in [2.75, 3.05) is 5.75 Å². The summed E-state index contributed by atoms with van der Waals surface area (Å²) in [6.07, 6.45) is 3.48. The molecule has 0 atom stereocenters. The zero-order chi connectivity index (χ0) is 10.7. The summed E-state index contributed by atoms with van der Waals surface area (Å²) in [7, 11) is 0. The van der Waals surface area contributed by atoms with Gasteiger partial charge in [-0.05, 0) is 31.9 Å². The van der Waals surface area contributed by atoms with Crippen molar-refractivity contribution in [3.63, 3.8) is 0 Å². The van der Waals surface area contributed by atoms with Gasteiger partial charge < -0.3 is 0 Å². The molecule has 0 amide bonds. The fraction of sp³-hybridized carbons (Fsp3) is 0.462. The minimum absolute atomic E-state index is 0.377. The van der Waals surface area contributed by atoms with E-state index in [1.165, 1.54) is 16.9 Å². The molecule has 1 aliphatic rings. The average molecular weight is 220 g/mol. The van der Waals surface area contributed by atoms with E-state index >= 15 is 0 Å². The van der Waals surface area contributed by atoms with Crippen molar-refractivity contribution in [2.24, 2.45) is 5.92 Å². The molecule has 80 valence electrons. The second-order valence-electron chi connectivity index (χ2n) is 4.20. The molecule has 15 heavy (non-hydrogen) atoms. The molecule has 0 aliphatic heterocycles. The Balaban J connectivity index is 1.84. The highest BCUT2D eigenvalue weighted by atomic mass is 32.2.